The maximum atomic E-state index is 11.8. The minimum Gasteiger partial charge on any atom is -0.314 e. The minimum atomic E-state index is -3.08. The fourth-order valence-electron chi connectivity index (χ4n) is 2.31. The average Bonchev–Trinajstić information content (AvgIpc) is 3.24. The van der Waals surface area contributed by atoms with Crippen LogP contribution >= 0.6 is 0 Å². The van der Waals surface area contributed by atoms with E-state index < -0.39 is 10.0 Å². The first-order chi connectivity index (χ1) is 9.11. The Kier molecular flexibility index (Phi) is 5.62. The zero-order valence-electron chi connectivity index (χ0n) is 11.9. The van der Waals surface area contributed by atoms with Crippen molar-refractivity contribution in [2.45, 2.75) is 51.1 Å². The second-order valence-corrected chi connectivity index (χ2v) is 7.58. The van der Waals surface area contributed by atoms with Gasteiger partial charge < -0.3 is 5.32 Å². The number of nitrogens with one attached hydrogen (secondary N) is 2. The maximum Gasteiger partial charge on any atom is 0.211 e. The van der Waals surface area contributed by atoms with Crippen molar-refractivity contribution in [3.63, 3.8) is 0 Å². The second-order valence-electron chi connectivity index (χ2n) is 5.65. The summed E-state index contributed by atoms with van der Waals surface area (Å²) in [7, 11) is -3.08. The molecule has 0 saturated heterocycles. The van der Waals surface area contributed by atoms with E-state index in [-0.39, 0.29) is 5.75 Å². The van der Waals surface area contributed by atoms with Gasteiger partial charge in [0.1, 0.15) is 0 Å². The van der Waals surface area contributed by atoms with Crippen molar-refractivity contribution in [3.05, 3.63) is 0 Å². The van der Waals surface area contributed by atoms with Crippen molar-refractivity contribution in [1.82, 2.24) is 14.9 Å². The lowest BCUT2D eigenvalue weighted by molar-refractivity contribution is 0.282. The molecule has 112 valence electrons. The Labute approximate surface area is 117 Å². The van der Waals surface area contributed by atoms with Crippen LogP contribution in [0.2, 0.25) is 0 Å². The highest BCUT2D eigenvalue weighted by molar-refractivity contribution is 7.89. The number of rotatable bonds is 11. The molecule has 0 radical (unpaired) electrons. The normalized spacial score (nSPS) is 20.1. The Morgan fingerprint density at radius 3 is 2.47 bits per heavy atom. The molecule has 19 heavy (non-hydrogen) atoms. The van der Waals surface area contributed by atoms with Gasteiger partial charge in [0.05, 0.1) is 5.75 Å². The summed E-state index contributed by atoms with van der Waals surface area (Å²) in [6.45, 7) is 5.34. The highest BCUT2D eigenvalue weighted by Crippen LogP contribution is 2.25. The van der Waals surface area contributed by atoms with Crippen LogP contribution in [0.4, 0.5) is 0 Å². The van der Waals surface area contributed by atoms with Gasteiger partial charge in [0.25, 0.3) is 0 Å². The molecule has 2 N–H and O–H groups in total. The fourth-order valence-corrected chi connectivity index (χ4v) is 3.38. The van der Waals surface area contributed by atoms with Crippen molar-refractivity contribution in [3.8, 4) is 0 Å². The highest BCUT2D eigenvalue weighted by atomic mass is 32.2. The lowest BCUT2D eigenvalue weighted by Crippen LogP contribution is -2.37. The van der Waals surface area contributed by atoms with Crippen molar-refractivity contribution in [2.75, 3.05) is 31.9 Å². The summed E-state index contributed by atoms with van der Waals surface area (Å²) in [4.78, 5) is 2.36. The van der Waals surface area contributed by atoms with E-state index in [2.05, 4.69) is 21.9 Å². The molecule has 6 heteroatoms. The van der Waals surface area contributed by atoms with Gasteiger partial charge >= 0.3 is 0 Å². The summed E-state index contributed by atoms with van der Waals surface area (Å²) >= 11 is 0. The van der Waals surface area contributed by atoms with Gasteiger partial charge in [-0.15, -0.1) is 0 Å². The summed E-state index contributed by atoms with van der Waals surface area (Å²) in [5, 5.41) is 3.34. The molecule has 2 aliphatic carbocycles. The first kappa shape index (κ1) is 15.2. The molecule has 0 bridgehead atoms. The SMILES string of the molecule is CCN(CCNS(=O)(=O)CCCNC1CC1)C1CC1. The highest BCUT2D eigenvalue weighted by Gasteiger charge is 2.27. The summed E-state index contributed by atoms with van der Waals surface area (Å²) in [6, 6.07) is 1.37. The van der Waals surface area contributed by atoms with E-state index >= 15 is 0 Å². The van der Waals surface area contributed by atoms with Gasteiger partial charge in [0.2, 0.25) is 10.0 Å². The Morgan fingerprint density at radius 1 is 1.16 bits per heavy atom. The smallest absolute Gasteiger partial charge is 0.211 e. The standard InChI is InChI=1S/C13H27N3O2S/c1-2-16(13-6-7-13)10-9-15-19(17,18)11-3-8-14-12-4-5-12/h12-15H,2-11H2,1H3. The summed E-state index contributed by atoms with van der Waals surface area (Å²) in [6.07, 6.45) is 5.74. The Hall–Kier alpha value is -0.170. The van der Waals surface area contributed by atoms with Crippen LogP contribution in [0, 0.1) is 0 Å². The van der Waals surface area contributed by atoms with Crippen LogP contribution in [0.1, 0.15) is 39.0 Å². The molecule has 5 nitrogen and oxygen atoms in total. The zero-order chi connectivity index (χ0) is 13.7. The van der Waals surface area contributed by atoms with Gasteiger partial charge in [-0.25, -0.2) is 13.1 Å². The minimum absolute atomic E-state index is 0.238. The van der Waals surface area contributed by atoms with E-state index in [1.165, 1.54) is 25.7 Å². The van der Waals surface area contributed by atoms with Gasteiger partial charge in [-0.3, -0.25) is 4.90 Å². The first-order valence-corrected chi connectivity index (χ1v) is 9.20. The van der Waals surface area contributed by atoms with Gasteiger partial charge in [-0.2, -0.15) is 0 Å². The van der Waals surface area contributed by atoms with E-state index in [1.54, 1.807) is 0 Å². The molecule has 0 spiro atoms. The third-order valence-electron chi connectivity index (χ3n) is 3.79. The molecule has 2 fully saturated rings. The molecule has 0 amide bonds. The summed E-state index contributed by atoms with van der Waals surface area (Å²) in [5.74, 6) is 0.238. The van der Waals surface area contributed by atoms with Crippen molar-refractivity contribution in [1.29, 1.82) is 0 Å². The van der Waals surface area contributed by atoms with Crippen LogP contribution in [-0.4, -0.2) is 57.3 Å². The van der Waals surface area contributed by atoms with Gasteiger partial charge in [0, 0.05) is 25.2 Å². The largest absolute Gasteiger partial charge is 0.314 e. The van der Waals surface area contributed by atoms with E-state index in [4.69, 9.17) is 0 Å². The van der Waals surface area contributed by atoms with E-state index in [9.17, 15) is 8.42 Å². The molecular formula is C13H27N3O2S. The first-order valence-electron chi connectivity index (χ1n) is 7.55. The molecule has 0 heterocycles. The quantitative estimate of drug-likeness (QED) is 0.545. The number of likely N-dealkylation sites (N-methyl/N-ethyl adjacent to an activating group) is 1. The maximum absolute atomic E-state index is 11.8. The molecule has 0 aromatic carbocycles. The van der Waals surface area contributed by atoms with E-state index in [1.807, 2.05) is 0 Å². The van der Waals surface area contributed by atoms with E-state index in [0.29, 0.717) is 25.0 Å². The third-order valence-corrected chi connectivity index (χ3v) is 5.26. The predicted molar refractivity (Wildman–Crippen MR) is 77.7 cm³/mol. The third kappa shape index (κ3) is 6.21. The Morgan fingerprint density at radius 2 is 1.89 bits per heavy atom. The Balaban J connectivity index is 1.54. The topological polar surface area (TPSA) is 61.4 Å². The fraction of sp³-hybridized carbons (Fsp3) is 1.00. The molecule has 0 aromatic heterocycles. The number of sulfonamides is 1. The predicted octanol–water partition coefficient (Wildman–Crippen LogP) is 0.532. The molecular weight excluding hydrogens is 262 g/mol. The second kappa shape index (κ2) is 7.02. The summed E-state index contributed by atoms with van der Waals surface area (Å²) in [5.41, 5.74) is 0. The van der Waals surface area contributed by atoms with Gasteiger partial charge in [0.15, 0.2) is 0 Å². The van der Waals surface area contributed by atoms with Gasteiger partial charge in [-0.1, -0.05) is 6.92 Å². The van der Waals surface area contributed by atoms with Crippen LogP contribution in [0.5, 0.6) is 0 Å². The lowest BCUT2D eigenvalue weighted by atomic mass is 10.4. The van der Waals surface area contributed by atoms with Crippen molar-refractivity contribution in [2.24, 2.45) is 0 Å². The molecule has 0 aliphatic heterocycles. The number of hydrogen-bond acceptors (Lipinski definition) is 4. The number of hydrogen-bond donors (Lipinski definition) is 2. The zero-order valence-corrected chi connectivity index (χ0v) is 12.7. The van der Waals surface area contributed by atoms with Crippen LogP contribution in [0.15, 0.2) is 0 Å². The van der Waals surface area contributed by atoms with Crippen LogP contribution in [-0.2, 0) is 10.0 Å². The molecule has 0 unspecified atom stereocenters. The lowest BCUT2D eigenvalue weighted by Gasteiger charge is -2.19. The van der Waals surface area contributed by atoms with Crippen LogP contribution in [0.3, 0.4) is 0 Å². The molecule has 2 saturated carbocycles. The van der Waals surface area contributed by atoms with Crippen LogP contribution in [0.25, 0.3) is 0 Å². The molecule has 2 aliphatic rings. The molecule has 2 rings (SSSR count). The van der Waals surface area contributed by atoms with Crippen molar-refractivity contribution >= 4 is 10.0 Å². The van der Waals surface area contributed by atoms with Gasteiger partial charge in [-0.05, 0) is 45.2 Å². The number of nitrogens with zero attached hydrogens (tertiary/aromatic N) is 1. The van der Waals surface area contributed by atoms with E-state index in [0.717, 1.165) is 19.6 Å². The average molecular weight is 289 g/mol. The monoisotopic (exact) mass is 289 g/mol. The molecule has 0 aromatic rings. The summed E-state index contributed by atoms with van der Waals surface area (Å²) < 4.78 is 26.3. The van der Waals surface area contributed by atoms with Crippen LogP contribution < -0.4 is 10.0 Å². The molecule has 0 atom stereocenters. The Bertz CT molecular complexity index is 364. The van der Waals surface area contributed by atoms with Crippen molar-refractivity contribution < 1.29 is 8.42 Å².